The van der Waals surface area contributed by atoms with Crippen LogP contribution < -0.4 is 27.4 Å². The number of aliphatic hydroxyl groups is 1. The number of aromatic nitrogens is 2. The number of nitrogens with two attached hydrogens (primary N) is 2. The van der Waals surface area contributed by atoms with Gasteiger partial charge in [-0.2, -0.15) is 0 Å². The summed E-state index contributed by atoms with van der Waals surface area (Å²) < 4.78 is 0. The summed E-state index contributed by atoms with van der Waals surface area (Å²) in [5.41, 5.74) is 10.9. The molecule has 16 heteroatoms. The van der Waals surface area contributed by atoms with Crippen LogP contribution in [0, 0.1) is 0 Å². The van der Waals surface area contributed by atoms with E-state index in [0.717, 1.165) is 0 Å². The molecule has 0 saturated carbocycles. The van der Waals surface area contributed by atoms with Crippen LogP contribution in [-0.4, -0.2) is 91.6 Å². The van der Waals surface area contributed by atoms with Crippen molar-refractivity contribution in [3.05, 3.63) is 18.2 Å². The first kappa shape index (κ1) is 28.0. The maximum Gasteiger partial charge on any atom is 0.326 e. The maximum absolute atomic E-state index is 12.6. The number of nitrogens with zero attached hydrogens (tertiary/aromatic N) is 1. The molecule has 0 aromatic carbocycles. The van der Waals surface area contributed by atoms with E-state index >= 15 is 0 Å². The molecule has 1 aromatic rings. The Labute approximate surface area is 192 Å². The largest absolute Gasteiger partial charge is 0.481 e. The standard InChI is InChI=1S/C18H27N7O9/c19-9(1-2-13(20)27)15(30)25-12(6-26)17(32)23-10(4-14(28)29)16(31)24-11(18(33)34)3-8-5-21-7-22-8/h5,7,9-12,26H,1-4,6,19H2,(H2,20,27)(H,21,22)(H,23,32)(H,24,31)(H,25,30)(H,28,29)(H,33,34). The highest BCUT2D eigenvalue weighted by molar-refractivity contribution is 5.95. The number of rotatable bonds is 15. The van der Waals surface area contributed by atoms with E-state index in [4.69, 9.17) is 16.6 Å². The fraction of sp³-hybridized carbons (Fsp3) is 0.500. The third kappa shape index (κ3) is 9.61. The number of aromatic amines is 1. The quantitative estimate of drug-likeness (QED) is 0.114. The first-order valence-electron chi connectivity index (χ1n) is 9.92. The van der Waals surface area contributed by atoms with Gasteiger partial charge in [0.1, 0.15) is 18.1 Å². The van der Waals surface area contributed by atoms with E-state index in [-0.39, 0.29) is 19.3 Å². The number of amides is 4. The van der Waals surface area contributed by atoms with Gasteiger partial charge in [0, 0.05) is 24.7 Å². The average molecular weight is 485 g/mol. The predicted molar refractivity (Wildman–Crippen MR) is 111 cm³/mol. The molecular formula is C18H27N7O9. The normalized spacial score (nSPS) is 14.2. The third-order valence-corrected chi connectivity index (χ3v) is 4.46. The zero-order valence-corrected chi connectivity index (χ0v) is 17.9. The van der Waals surface area contributed by atoms with Gasteiger partial charge < -0.3 is 47.7 Å². The second-order valence-electron chi connectivity index (χ2n) is 7.19. The number of carboxylic acids is 2. The van der Waals surface area contributed by atoms with E-state index in [1.54, 1.807) is 0 Å². The highest BCUT2D eigenvalue weighted by Gasteiger charge is 2.31. The fourth-order valence-corrected chi connectivity index (χ4v) is 2.65. The minimum Gasteiger partial charge on any atom is -0.481 e. The smallest absolute Gasteiger partial charge is 0.326 e. The van der Waals surface area contributed by atoms with E-state index in [9.17, 15) is 39.0 Å². The maximum atomic E-state index is 12.6. The van der Waals surface area contributed by atoms with E-state index in [1.807, 2.05) is 0 Å². The summed E-state index contributed by atoms with van der Waals surface area (Å²) >= 11 is 0. The van der Waals surface area contributed by atoms with Crippen LogP contribution in [0.5, 0.6) is 0 Å². The Hall–Kier alpha value is -4.05. The lowest BCUT2D eigenvalue weighted by molar-refractivity contribution is -0.143. The van der Waals surface area contributed by atoms with Crippen molar-refractivity contribution < 1.29 is 44.1 Å². The number of carbonyl (C=O) groups excluding carboxylic acids is 4. The Kier molecular flexibility index (Phi) is 11.1. The molecule has 34 heavy (non-hydrogen) atoms. The number of primary amides is 1. The molecule has 1 aromatic heterocycles. The Morgan fingerprint density at radius 2 is 1.56 bits per heavy atom. The van der Waals surface area contributed by atoms with Crippen molar-refractivity contribution in [1.29, 1.82) is 0 Å². The van der Waals surface area contributed by atoms with Gasteiger partial charge in [0.25, 0.3) is 0 Å². The lowest BCUT2D eigenvalue weighted by Crippen LogP contribution is -2.58. The monoisotopic (exact) mass is 485 g/mol. The van der Waals surface area contributed by atoms with E-state index in [0.29, 0.717) is 5.69 Å². The summed E-state index contributed by atoms with van der Waals surface area (Å²) in [7, 11) is 0. The van der Waals surface area contributed by atoms with E-state index in [1.165, 1.54) is 12.5 Å². The molecule has 4 atom stereocenters. The van der Waals surface area contributed by atoms with E-state index < -0.39 is 72.8 Å². The Balaban J connectivity index is 2.85. The van der Waals surface area contributed by atoms with Gasteiger partial charge in [0.15, 0.2) is 0 Å². The predicted octanol–water partition coefficient (Wildman–Crippen LogP) is -4.45. The molecule has 4 amide bonds. The van der Waals surface area contributed by atoms with Crippen LogP contribution in [-0.2, 0) is 35.2 Å². The minimum absolute atomic E-state index is 0.127. The molecule has 16 nitrogen and oxygen atoms in total. The molecule has 0 saturated heterocycles. The molecule has 4 unspecified atom stereocenters. The molecule has 0 radical (unpaired) electrons. The van der Waals surface area contributed by atoms with Crippen molar-refractivity contribution in [1.82, 2.24) is 25.9 Å². The molecule has 0 bridgehead atoms. The summed E-state index contributed by atoms with van der Waals surface area (Å²) in [6.45, 7) is -0.931. The van der Waals surface area contributed by atoms with Gasteiger partial charge in [-0.15, -0.1) is 0 Å². The van der Waals surface area contributed by atoms with Crippen LogP contribution in [0.2, 0.25) is 0 Å². The number of carbonyl (C=O) groups is 6. The SMILES string of the molecule is NC(=O)CCC(N)C(=O)NC(CO)C(=O)NC(CC(=O)O)C(=O)NC(Cc1cnc[nH]1)C(=O)O. The van der Waals surface area contributed by atoms with Crippen LogP contribution in [0.3, 0.4) is 0 Å². The minimum atomic E-state index is -1.73. The number of hydrogen-bond acceptors (Lipinski definition) is 9. The van der Waals surface area contributed by atoms with Gasteiger partial charge in [-0.1, -0.05) is 0 Å². The lowest BCUT2D eigenvalue weighted by Gasteiger charge is -2.23. The molecule has 188 valence electrons. The summed E-state index contributed by atoms with van der Waals surface area (Å²) in [5, 5.41) is 34.2. The van der Waals surface area contributed by atoms with Gasteiger partial charge in [0.05, 0.1) is 25.4 Å². The highest BCUT2D eigenvalue weighted by atomic mass is 16.4. The third-order valence-electron chi connectivity index (χ3n) is 4.46. The van der Waals surface area contributed by atoms with Crippen molar-refractivity contribution in [2.24, 2.45) is 11.5 Å². The highest BCUT2D eigenvalue weighted by Crippen LogP contribution is 2.02. The second-order valence-corrected chi connectivity index (χ2v) is 7.19. The van der Waals surface area contributed by atoms with Crippen molar-refractivity contribution in [2.75, 3.05) is 6.61 Å². The summed E-state index contributed by atoms with van der Waals surface area (Å²) in [5.74, 6) is -6.76. The summed E-state index contributed by atoms with van der Waals surface area (Å²) in [4.78, 5) is 76.9. The number of hydrogen-bond donors (Lipinski definition) is 9. The number of aliphatic carboxylic acids is 2. The van der Waals surface area contributed by atoms with Crippen molar-refractivity contribution in [2.45, 2.75) is 49.9 Å². The number of nitrogens with one attached hydrogen (secondary N) is 4. The first-order valence-corrected chi connectivity index (χ1v) is 9.92. The molecule has 1 rings (SSSR count). The first-order chi connectivity index (χ1) is 15.9. The van der Waals surface area contributed by atoms with Crippen LogP contribution in [0.1, 0.15) is 25.0 Å². The molecule has 11 N–H and O–H groups in total. The van der Waals surface area contributed by atoms with Gasteiger partial charge >= 0.3 is 11.9 Å². The number of H-pyrrole nitrogens is 1. The summed E-state index contributed by atoms with van der Waals surface area (Å²) in [6, 6.07) is -6.05. The van der Waals surface area contributed by atoms with Crippen LogP contribution in [0.4, 0.5) is 0 Å². The average Bonchev–Trinajstić information content (AvgIpc) is 3.27. The fourth-order valence-electron chi connectivity index (χ4n) is 2.65. The van der Waals surface area contributed by atoms with Crippen LogP contribution >= 0.6 is 0 Å². The summed E-state index contributed by atoms with van der Waals surface area (Å²) in [6.07, 6.45) is 1.19. The molecular weight excluding hydrogens is 458 g/mol. The number of imidazole rings is 1. The van der Waals surface area contributed by atoms with Crippen LogP contribution in [0.25, 0.3) is 0 Å². The molecule has 0 aliphatic carbocycles. The Morgan fingerprint density at radius 1 is 0.971 bits per heavy atom. The van der Waals surface area contributed by atoms with Gasteiger partial charge in [-0.3, -0.25) is 24.0 Å². The zero-order chi connectivity index (χ0) is 25.8. The van der Waals surface area contributed by atoms with Gasteiger partial charge in [0.2, 0.25) is 23.6 Å². The molecule has 0 spiro atoms. The van der Waals surface area contributed by atoms with E-state index in [2.05, 4.69) is 25.9 Å². The van der Waals surface area contributed by atoms with Gasteiger partial charge in [-0.05, 0) is 6.42 Å². The Bertz CT molecular complexity index is 890. The Morgan fingerprint density at radius 3 is 2.06 bits per heavy atom. The molecule has 0 aliphatic rings. The topological polar surface area (TPSA) is 280 Å². The molecule has 0 fully saturated rings. The lowest BCUT2D eigenvalue weighted by atomic mass is 10.1. The van der Waals surface area contributed by atoms with Crippen molar-refractivity contribution in [3.8, 4) is 0 Å². The molecule has 0 aliphatic heterocycles. The zero-order valence-electron chi connectivity index (χ0n) is 17.9. The number of carboxylic acid groups (broad SMARTS) is 2. The van der Waals surface area contributed by atoms with Crippen LogP contribution in [0.15, 0.2) is 12.5 Å². The number of aliphatic hydroxyl groups excluding tert-OH is 1. The van der Waals surface area contributed by atoms with Crippen molar-refractivity contribution in [3.63, 3.8) is 0 Å². The van der Waals surface area contributed by atoms with Gasteiger partial charge in [-0.25, -0.2) is 9.78 Å². The van der Waals surface area contributed by atoms with Crippen molar-refractivity contribution >= 4 is 35.6 Å². The molecule has 1 heterocycles. The second kappa shape index (κ2) is 13.5.